The van der Waals surface area contributed by atoms with Gasteiger partial charge in [-0.25, -0.2) is 4.98 Å². The zero-order valence-corrected chi connectivity index (χ0v) is 11.9. The predicted octanol–water partition coefficient (Wildman–Crippen LogP) is 2.52. The maximum absolute atomic E-state index is 12.2. The Bertz CT molecular complexity index is 712. The number of carbonyl (C=O) groups excluding carboxylic acids is 1. The molecule has 0 aromatic carbocycles. The van der Waals surface area contributed by atoms with E-state index >= 15 is 0 Å². The first-order chi connectivity index (χ1) is 9.36. The van der Waals surface area contributed by atoms with Gasteiger partial charge in [-0.15, -0.1) is 0 Å². The van der Waals surface area contributed by atoms with Crippen LogP contribution in [0.5, 0.6) is 0 Å². The summed E-state index contributed by atoms with van der Waals surface area (Å²) >= 11 is 0. The summed E-state index contributed by atoms with van der Waals surface area (Å²) in [7, 11) is 0. The van der Waals surface area contributed by atoms with E-state index in [-0.39, 0.29) is 11.0 Å². The zero-order valence-electron chi connectivity index (χ0n) is 11.9. The van der Waals surface area contributed by atoms with Crippen molar-refractivity contribution in [3.8, 4) is 0 Å². The van der Waals surface area contributed by atoms with E-state index in [4.69, 9.17) is 4.42 Å². The molecule has 0 radical (unpaired) electrons. The van der Waals surface area contributed by atoms with Gasteiger partial charge in [0.15, 0.2) is 5.43 Å². The molecule has 0 atom stereocenters. The van der Waals surface area contributed by atoms with E-state index in [1.807, 2.05) is 19.9 Å². The number of aromatic nitrogens is 1. The Hall–Kier alpha value is -2.43. The van der Waals surface area contributed by atoms with Gasteiger partial charge in [-0.2, -0.15) is 0 Å². The van der Waals surface area contributed by atoms with Gasteiger partial charge in [0, 0.05) is 11.8 Å². The average Bonchev–Trinajstić information content (AvgIpc) is 2.25. The molecule has 0 unspecified atom stereocenters. The number of rotatable bonds is 2. The molecule has 0 saturated heterocycles. The first-order valence-electron chi connectivity index (χ1n) is 6.25. The highest BCUT2D eigenvalue weighted by Crippen LogP contribution is 2.12. The van der Waals surface area contributed by atoms with Crippen LogP contribution in [-0.2, 0) is 0 Å². The van der Waals surface area contributed by atoms with Crippen molar-refractivity contribution in [2.24, 2.45) is 0 Å². The van der Waals surface area contributed by atoms with Crippen LogP contribution in [0.3, 0.4) is 0 Å². The molecule has 20 heavy (non-hydrogen) atoms. The van der Waals surface area contributed by atoms with E-state index in [9.17, 15) is 9.59 Å². The van der Waals surface area contributed by atoms with E-state index in [0.717, 1.165) is 11.3 Å². The molecule has 2 rings (SSSR count). The van der Waals surface area contributed by atoms with Gasteiger partial charge in [-0.1, -0.05) is 0 Å². The Balaban J connectivity index is 2.36. The third kappa shape index (κ3) is 2.93. The highest BCUT2D eigenvalue weighted by atomic mass is 16.3. The van der Waals surface area contributed by atoms with Crippen molar-refractivity contribution in [3.63, 3.8) is 0 Å². The minimum Gasteiger partial charge on any atom is -0.466 e. The number of amides is 1. The van der Waals surface area contributed by atoms with Gasteiger partial charge in [-0.05, 0) is 45.4 Å². The summed E-state index contributed by atoms with van der Waals surface area (Å²) < 4.78 is 5.31. The first-order valence-corrected chi connectivity index (χ1v) is 6.25. The van der Waals surface area contributed by atoms with Crippen LogP contribution >= 0.6 is 0 Å². The Morgan fingerprint density at radius 2 is 1.85 bits per heavy atom. The fourth-order valence-electron chi connectivity index (χ4n) is 2.11. The molecular formula is C15H16N2O3. The SMILES string of the molecule is Cc1cc(C)nc(NC(=O)c2c(C)oc(C)cc2=O)c1. The van der Waals surface area contributed by atoms with Crippen molar-refractivity contribution in [3.05, 3.63) is 56.8 Å². The molecular weight excluding hydrogens is 256 g/mol. The van der Waals surface area contributed by atoms with Crippen LogP contribution in [0.1, 0.15) is 33.1 Å². The molecule has 104 valence electrons. The Morgan fingerprint density at radius 3 is 2.45 bits per heavy atom. The second kappa shape index (κ2) is 5.28. The van der Waals surface area contributed by atoms with Crippen LogP contribution < -0.4 is 10.7 Å². The molecule has 2 heterocycles. The van der Waals surface area contributed by atoms with Crippen LogP contribution in [0, 0.1) is 27.7 Å². The summed E-state index contributed by atoms with van der Waals surface area (Å²) in [4.78, 5) is 28.3. The fourth-order valence-corrected chi connectivity index (χ4v) is 2.11. The van der Waals surface area contributed by atoms with Crippen LogP contribution in [0.25, 0.3) is 0 Å². The lowest BCUT2D eigenvalue weighted by Crippen LogP contribution is -2.23. The van der Waals surface area contributed by atoms with E-state index in [2.05, 4.69) is 10.3 Å². The molecule has 5 heteroatoms. The molecule has 0 fully saturated rings. The molecule has 2 aromatic rings. The Labute approximate surface area is 116 Å². The summed E-state index contributed by atoms with van der Waals surface area (Å²) in [6, 6.07) is 4.95. The molecule has 0 aliphatic carbocycles. The molecule has 0 saturated carbocycles. The van der Waals surface area contributed by atoms with Crippen molar-refractivity contribution >= 4 is 11.7 Å². The second-order valence-electron chi connectivity index (χ2n) is 4.78. The lowest BCUT2D eigenvalue weighted by atomic mass is 10.2. The normalized spacial score (nSPS) is 10.4. The summed E-state index contributed by atoms with van der Waals surface area (Å²) in [5, 5.41) is 2.63. The Morgan fingerprint density at radius 1 is 1.15 bits per heavy atom. The van der Waals surface area contributed by atoms with Crippen LogP contribution in [0.15, 0.2) is 27.4 Å². The van der Waals surface area contributed by atoms with Crippen molar-refractivity contribution < 1.29 is 9.21 Å². The third-order valence-electron chi connectivity index (χ3n) is 2.81. The first kappa shape index (κ1) is 14.0. The van der Waals surface area contributed by atoms with Gasteiger partial charge in [0.2, 0.25) is 0 Å². The minimum atomic E-state index is -0.506. The highest BCUT2D eigenvalue weighted by Gasteiger charge is 2.16. The monoisotopic (exact) mass is 272 g/mol. The number of nitrogens with one attached hydrogen (secondary N) is 1. The highest BCUT2D eigenvalue weighted by molar-refractivity contribution is 6.04. The van der Waals surface area contributed by atoms with Crippen molar-refractivity contribution in [1.29, 1.82) is 0 Å². The summed E-state index contributed by atoms with van der Waals surface area (Å²) in [5.41, 5.74) is 1.44. The number of pyridine rings is 1. The number of hydrogen-bond donors (Lipinski definition) is 1. The number of nitrogens with zero attached hydrogens (tertiary/aromatic N) is 1. The molecule has 0 spiro atoms. The maximum atomic E-state index is 12.2. The van der Waals surface area contributed by atoms with E-state index in [1.165, 1.54) is 6.07 Å². The largest absolute Gasteiger partial charge is 0.466 e. The molecule has 5 nitrogen and oxygen atoms in total. The molecule has 0 aliphatic heterocycles. The lowest BCUT2D eigenvalue weighted by Gasteiger charge is -2.08. The van der Waals surface area contributed by atoms with Crippen molar-refractivity contribution in [2.75, 3.05) is 5.32 Å². The predicted molar refractivity (Wildman–Crippen MR) is 76.1 cm³/mol. The molecule has 2 aromatic heterocycles. The second-order valence-corrected chi connectivity index (χ2v) is 4.78. The third-order valence-corrected chi connectivity index (χ3v) is 2.81. The van der Waals surface area contributed by atoms with Crippen LogP contribution in [0.4, 0.5) is 5.82 Å². The van der Waals surface area contributed by atoms with Crippen LogP contribution in [0.2, 0.25) is 0 Å². The quantitative estimate of drug-likeness (QED) is 0.911. The number of anilines is 1. The van der Waals surface area contributed by atoms with E-state index in [0.29, 0.717) is 17.3 Å². The Kier molecular flexibility index (Phi) is 3.70. The van der Waals surface area contributed by atoms with E-state index < -0.39 is 5.91 Å². The van der Waals surface area contributed by atoms with Gasteiger partial charge in [0.1, 0.15) is 22.9 Å². The van der Waals surface area contributed by atoms with Gasteiger partial charge < -0.3 is 9.73 Å². The topological polar surface area (TPSA) is 72.2 Å². The van der Waals surface area contributed by atoms with Gasteiger partial charge >= 0.3 is 0 Å². The van der Waals surface area contributed by atoms with Gasteiger partial charge in [0.05, 0.1) is 0 Å². The summed E-state index contributed by atoms with van der Waals surface area (Å²) in [6.45, 7) is 7.02. The maximum Gasteiger partial charge on any atom is 0.264 e. The van der Waals surface area contributed by atoms with E-state index in [1.54, 1.807) is 19.9 Å². The average molecular weight is 272 g/mol. The number of carbonyl (C=O) groups is 1. The fraction of sp³-hybridized carbons (Fsp3) is 0.267. The van der Waals surface area contributed by atoms with Crippen LogP contribution in [-0.4, -0.2) is 10.9 Å². The number of aryl methyl sites for hydroxylation is 4. The smallest absolute Gasteiger partial charge is 0.264 e. The molecule has 1 N–H and O–H groups in total. The standard InChI is InChI=1S/C15H16N2O3/c1-8-5-9(2)16-13(6-8)17-15(19)14-11(4)20-10(3)7-12(14)18/h5-7H,1-4H3,(H,16,17,19). The summed E-state index contributed by atoms with van der Waals surface area (Å²) in [6.07, 6.45) is 0. The number of hydrogen-bond acceptors (Lipinski definition) is 4. The van der Waals surface area contributed by atoms with Crippen molar-refractivity contribution in [1.82, 2.24) is 4.98 Å². The van der Waals surface area contributed by atoms with Gasteiger partial charge in [-0.3, -0.25) is 9.59 Å². The lowest BCUT2D eigenvalue weighted by molar-refractivity contribution is 0.102. The molecule has 0 bridgehead atoms. The summed E-state index contributed by atoms with van der Waals surface area (Å²) in [5.74, 6) is 0.700. The van der Waals surface area contributed by atoms with Gasteiger partial charge in [0.25, 0.3) is 5.91 Å². The molecule has 0 aliphatic rings. The minimum absolute atomic E-state index is 0.0107. The zero-order chi connectivity index (χ0) is 14.9. The molecule has 1 amide bonds. The van der Waals surface area contributed by atoms with Crippen molar-refractivity contribution in [2.45, 2.75) is 27.7 Å².